The van der Waals surface area contributed by atoms with Crippen LogP contribution in [-0.2, 0) is 10.2 Å². The zero-order valence-corrected chi connectivity index (χ0v) is 18.0. The van der Waals surface area contributed by atoms with E-state index in [0.717, 1.165) is 22.3 Å². The predicted octanol–water partition coefficient (Wildman–Crippen LogP) is 3.02. The number of nitrogens with two attached hydrogens (primary N) is 1. The molecule has 1 aliphatic rings. The van der Waals surface area contributed by atoms with Crippen molar-refractivity contribution < 1.29 is 9.26 Å². The van der Waals surface area contributed by atoms with Gasteiger partial charge < -0.3 is 20.3 Å². The molecule has 9 heteroatoms. The van der Waals surface area contributed by atoms with Crippen LogP contribution in [0.5, 0.6) is 0 Å². The molecule has 3 N–H and O–H groups in total. The van der Waals surface area contributed by atoms with Crippen LogP contribution in [0.2, 0.25) is 0 Å². The highest BCUT2D eigenvalue weighted by Crippen LogP contribution is 2.38. The van der Waals surface area contributed by atoms with Gasteiger partial charge in [-0.3, -0.25) is 0 Å². The summed E-state index contributed by atoms with van der Waals surface area (Å²) in [6.45, 7) is 6.83. The summed E-state index contributed by atoms with van der Waals surface area (Å²) in [4.78, 5) is 17.1. The molecule has 0 amide bonds. The number of benzene rings is 1. The second-order valence-corrected chi connectivity index (χ2v) is 7.83. The third-order valence-corrected chi connectivity index (χ3v) is 5.77. The van der Waals surface area contributed by atoms with E-state index in [2.05, 4.69) is 58.3 Å². The van der Waals surface area contributed by atoms with E-state index in [1.807, 2.05) is 12.1 Å². The molecule has 3 heterocycles. The molecular weight excluding hydrogens is 394 g/mol. The average Bonchev–Trinajstić information content (AvgIpc) is 3.30. The smallest absolute Gasteiger partial charge is 0.288 e. The second-order valence-electron chi connectivity index (χ2n) is 7.83. The van der Waals surface area contributed by atoms with Gasteiger partial charge >= 0.3 is 0 Å². The number of rotatable bonds is 5. The maximum atomic E-state index is 5.59. The van der Waals surface area contributed by atoms with Crippen molar-refractivity contribution in [2.45, 2.75) is 26.2 Å². The molecule has 160 valence electrons. The van der Waals surface area contributed by atoms with Crippen LogP contribution in [0.4, 0.5) is 5.95 Å². The topological polar surface area (TPSA) is 124 Å². The fourth-order valence-electron chi connectivity index (χ4n) is 3.43. The van der Waals surface area contributed by atoms with Gasteiger partial charge in [0.2, 0.25) is 5.95 Å². The maximum Gasteiger partial charge on any atom is 0.288 e. The van der Waals surface area contributed by atoms with Gasteiger partial charge in [-0.2, -0.15) is 4.98 Å². The van der Waals surface area contributed by atoms with Crippen LogP contribution in [0.3, 0.4) is 0 Å². The van der Waals surface area contributed by atoms with E-state index in [4.69, 9.17) is 20.0 Å². The van der Waals surface area contributed by atoms with E-state index in [1.165, 1.54) is 0 Å². The number of aliphatic imine (C=N–C) groups is 1. The Kier molecular flexibility index (Phi) is 5.41. The van der Waals surface area contributed by atoms with E-state index in [-0.39, 0.29) is 11.9 Å². The molecule has 1 atom stereocenters. The minimum Gasteiger partial charge on any atom is -0.468 e. The van der Waals surface area contributed by atoms with Gasteiger partial charge in [-0.05, 0) is 24.0 Å². The molecule has 0 saturated carbocycles. The monoisotopic (exact) mass is 419 g/mol. The third-order valence-electron chi connectivity index (χ3n) is 5.77. The number of hydrogen-bond donors (Lipinski definition) is 2. The van der Waals surface area contributed by atoms with Crippen molar-refractivity contribution in [2.24, 2.45) is 10.9 Å². The lowest BCUT2D eigenvalue weighted by Gasteiger charge is -2.31. The van der Waals surface area contributed by atoms with Gasteiger partial charge in [-0.25, -0.2) is 15.0 Å². The normalized spacial score (nSPS) is 15.6. The first kappa shape index (κ1) is 20.5. The molecule has 0 fully saturated rings. The molecule has 0 aliphatic carbocycles. The van der Waals surface area contributed by atoms with Crippen LogP contribution in [0, 0.1) is 5.92 Å². The number of nitrogens with zero attached hydrogens (tertiary/aromatic N) is 5. The molecule has 4 rings (SSSR count). The van der Waals surface area contributed by atoms with Crippen LogP contribution in [0.1, 0.15) is 38.0 Å². The minimum absolute atomic E-state index is 0.222. The lowest BCUT2D eigenvalue weighted by molar-refractivity contribution is 0.345. The zero-order chi connectivity index (χ0) is 22.0. The molecule has 31 heavy (non-hydrogen) atoms. The van der Waals surface area contributed by atoms with Crippen LogP contribution in [-0.4, -0.2) is 39.8 Å². The number of amidine groups is 1. The van der Waals surface area contributed by atoms with Crippen molar-refractivity contribution in [1.29, 1.82) is 0 Å². The summed E-state index contributed by atoms with van der Waals surface area (Å²) in [5.74, 6) is 1.56. The van der Waals surface area contributed by atoms with Gasteiger partial charge in [0.05, 0.1) is 24.6 Å². The molecule has 0 spiro atoms. The Morgan fingerprint density at radius 1 is 1.13 bits per heavy atom. The summed E-state index contributed by atoms with van der Waals surface area (Å²) in [5, 5.41) is 7.29. The van der Waals surface area contributed by atoms with Gasteiger partial charge in [0.15, 0.2) is 5.82 Å². The quantitative estimate of drug-likeness (QED) is 0.647. The van der Waals surface area contributed by atoms with Crippen LogP contribution >= 0.6 is 0 Å². The van der Waals surface area contributed by atoms with E-state index in [0.29, 0.717) is 24.3 Å². The third kappa shape index (κ3) is 3.86. The summed E-state index contributed by atoms with van der Waals surface area (Å²) in [6.07, 6.45) is 5.21. The van der Waals surface area contributed by atoms with E-state index in [9.17, 15) is 0 Å². The molecule has 0 radical (unpaired) electrons. The maximum absolute atomic E-state index is 5.59. The standard InChI is InChI=1S/C22H25N7O2/c1-13(2)22(3,17-7-5-14(6-8-17)15-9-24-20(23)25-10-15)19-28-18(31-29-19)16-11-26-21(30-4)27-12-16/h5-11,13H,12H2,1-4H3,(H,26,27)(H2,23,24,25). The number of ether oxygens (including phenoxy) is 1. The van der Waals surface area contributed by atoms with Crippen LogP contribution in [0.15, 0.2) is 52.4 Å². The van der Waals surface area contributed by atoms with E-state index >= 15 is 0 Å². The highest BCUT2D eigenvalue weighted by molar-refractivity contribution is 5.80. The molecule has 3 aromatic rings. The second kappa shape index (κ2) is 8.17. The number of anilines is 1. The Hall–Kier alpha value is -3.75. The minimum atomic E-state index is -0.443. The molecule has 1 aliphatic heterocycles. The summed E-state index contributed by atoms with van der Waals surface area (Å²) in [5.41, 5.74) is 8.95. The fraction of sp³-hybridized carbons (Fsp3) is 0.318. The van der Waals surface area contributed by atoms with Crippen molar-refractivity contribution in [1.82, 2.24) is 25.4 Å². The van der Waals surface area contributed by atoms with Crippen molar-refractivity contribution >= 4 is 17.5 Å². The average molecular weight is 419 g/mol. The Labute approximate surface area is 180 Å². The van der Waals surface area contributed by atoms with Gasteiger partial charge in [0.25, 0.3) is 11.9 Å². The predicted molar refractivity (Wildman–Crippen MR) is 118 cm³/mol. The summed E-state index contributed by atoms with van der Waals surface area (Å²) in [6, 6.07) is 8.71. The van der Waals surface area contributed by atoms with Crippen LogP contribution < -0.4 is 11.1 Å². The number of aromatic nitrogens is 4. The molecular formula is C22H25N7O2. The lowest BCUT2D eigenvalue weighted by atomic mass is 9.72. The number of hydrogen-bond acceptors (Lipinski definition) is 9. The summed E-state index contributed by atoms with van der Waals surface area (Å²) >= 11 is 0. The van der Waals surface area contributed by atoms with Crippen molar-refractivity contribution in [3.63, 3.8) is 0 Å². The molecule has 2 aromatic heterocycles. The van der Waals surface area contributed by atoms with Crippen LogP contribution in [0.25, 0.3) is 16.7 Å². The first-order chi connectivity index (χ1) is 14.9. The van der Waals surface area contributed by atoms with Gasteiger partial charge in [-0.15, -0.1) is 0 Å². The van der Waals surface area contributed by atoms with Crippen molar-refractivity contribution in [2.75, 3.05) is 19.4 Å². The highest BCUT2D eigenvalue weighted by Gasteiger charge is 2.37. The molecule has 9 nitrogen and oxygen atoms in total. The Morgan fingerprint density at radius 3 is 2.42 bits per heavy atom. The summed E-state index contributed by atoms with van der Waals surface area (Å²) in [7, 11) is 1.56. The van der Waals surface area contributed by atoms with Gasteiger partial charge in [0, 0.05) is 24.2 Å². The summed E-state index contributed by atoms with van der Waals surface area (Å²) < 4.78 is 10.7. The number of methoxy groups -OCH3 is 1. The van der Waals surface area contributed by atoms with Gasteiger partial charge in [0.1, 0.15) is 0 Å². The molecule has 0 bridgehead atoms. The first-order valence-electron chi connectivity index (χ1n) is 9.99. The number of nitrogen functional groups attached to an aromatic ring is 1. The Bertz CT molecular complexity index is 1120. The lowest BCUT2D eigenvalue weighted by Crippen LogP contribution is -2.31. The largest absolute Gasteiger partial charge is 0.468 e. The Morgan fingerprint density at radius 2 is 1.84 bits per heavy atom. The molecule has 1 aromatic carbocycles. The zero-order valence-electron chi connectivity index (χ0n) is 18.0. The number of nitrogens with one attached hydrogen (secondary N) is 1. The van der Waals surface area contributed by atoms with Crippen molar-refractivity contribution in [3.8, 4) is 11.1 Å². The van der Waals surface area contributed by atoms with E-state index in [1.54, 1.807) is 25.7 Å². The van der Waals surface area contributed by atoms with Gasteiger partial charge in [-0.1, -0.05) is 43.3 Å². The highest BCUT2D eigenvalue weighted by atomic mass is 16.5. The SMILES string of the molecule is COC1=NCC(c2nc(C(C)(c3ccc(-c4cnc(N)nc4)cc3)C(C)C)no2)=CN1. The molecule has 0 saturated heterocycles. The fourth-order valence-corrected chi connectivity index (χ4v) is 3.43. The molecule has 1 unspecified atom stereocenters. The van der Waals surface area contributed by atoms with Crippen molar-refractivity contribution in [3.05, 3.63) is 60.1 Å². The first-order valence-corrected chi connectivity index (χ1v) is 9.99. The van der Waals surface area contributed by atoms with E-state index < -0.39 is 5.41 Å². The Balaban J connectivity index is 1.63.